The van der Waals surface area contributed by atoms with E-state index in [4.69, 9.17) is 4.98 Å². The summed E-state index contributed by atoms with van der Waals surface area (Å²) in [6.45, 7) is 5.71. The van der Waals surface area contributed by atoms with Crippen molar-refractivity contribution in [2.24, 2.45) is 5.92 Å². The van der Waals surface area contributed by atoms with E-state index in [1.54, 1.807) is 12.3 Å². The van der Waals surface area contributed by atoms with Crippen LogP contribution in [0.5, 0.6) is 0 Å². The third kappa shape index (κ3) is 4.20. The molecule has 2 saturated carbocycles. The Bertz CT molecular complexity index is 1640. The van der Waals surface area contributed by atoms with Crippen molar-refractivity contribution in [3.63, 3.8) is 0 Å². The molecule has 202 valence electrons. The van der Waals surface area contributed by atoms with Gasteiger partial charge in [-0.2, -0.15) is 5.26 Å². The average molecular weight is 533 g/mol. The molecule has 0 spiro atoms. The summed E-state index contributed by atoms with van der Waals surface area (Å²) in [5.41, 5.74) is 3.09. The van der Waals surface area contributed by atoms with Crippen LogP contribution in [0.1, 0.15) is 57.7 Å². The van der Waals surface area contributed by atoms with Crippen molar-refractivity contribution < 1.29 is 15.0 Å². The summed E-state index contributed by atoms with van der Waals surface area (Å²) >= 11 is 0. The fourth-order valence-electron chi connectivity index (χ4n) is 6.66. The van der Waals surface area contributed by atoms with E-state index in [0.29, 0.717) is 29.4 Å². The molecule has 0 atom stereocenters. The summed E-state index contributed by atoms with van der Waals surface area (Å²) in [7, 11) is 0. The number of hydrogen-bond acceptors (Lipinski definition) is 5. The minimum Gasteiger partial charge on any atom is -0.465 e. The fourth-order valence-corrected chi connectivity index (χ4v) is 6.66. The first-order chi connectivity index (χ1) is 19.1. The van der Waals surface area contributed by atoms with Gasteiger partial charge in [0.2, 0.25) is 0 Å². The maximum atomic E-state index is 12.6. The highest BCUT2D eigenvalue weighted by Crippen LogP contribution is 2.61. The molecule has 6 rings (SSSR count). The van der Waals surface area contributed by atoms with Crippen molar-refractivity contribution in [2.45, 2.75) is 63.1 Å². The number of aliphatic hydroxyl groups is 1. The Hall–Kier alpha value is -4.28. The zero-order valence-electron chi connectivity index (χ0n) is 22.9. The second-order valence-corrected chi connectivity index (χ2v) is 12.2. The van der Waals surface area contributed by atoms with E-state index in [1.807, 2.05) is 81.4 Å². The van der Waals surface area contributed by atoms with Crippen LogP contribution in [0.3, 0.4) is 0 Å². The summed E-state index contributed by atoms with van der Waals surface area (Å²) in [5, 5.41) is 32.0. The van der Waals surface area contributed by atoms with E-state index in [2.05, 4.69) is 11.1 Å². The Morgan fingerprint density at radius 2 is 1.70 bits per heavy atom. The lowest BCUT2D eigenvalue weighted by Crippen LogP contribution is -2.69. The van der Waals surface area contributed by atoms with E-state index < -0.39 is 22.8 Å². The topological polar surface area (TPSA) is 110 Å². The quantitative estimate of drug-likeness (QED) is 0.294. The van der Waals surface area contributed by atoms with Gasteiger partial charge in [0.05, 0.1) is 22.4 Å². The standard InChI is InChI=1S/C33H32N4O3/c1-31(2,3)37(30(38)39)32(19-33(40,20-32)24-13-14-24)23-11-9-22(10-12-23)29-25(21-7-5-4-6-8-21)17-26-27(36-29)15-16-35-28(26)18-34/h4-12,15-17,24,40H,13-14,19-20H2,1-3H3,(H,38,39). The monoisotopic (exact) mass is 532 g/mol. The van der Waals surface area contributed by atoms with Crippen molar-refractivity contribution >= 4 is 17.0 Å². The summed E-state index contributed by atoms with van der Waals surface area (Å²) in [6, 6.07) is 23.8. The number of amides is 1. The number of carboxylic acid groups (broad SMARTS) is 1. The van der Waals surface area contributed by atoms with Gasteiger partial charge < -0.3 is 10.2 Å². The summed E-state index contributed by atoms with van der Waals surface area (Å²) < 4.78 is 0. The lowest BCUT2D eigenvalue weighted by Gasteiger charge is -2.61. The number of rotatable bonds is 5. The minimum atomic E-state index is -0.987. The van der Waals surface area contributed by atoms with Crippen LogP contribution in [0.2, 0.25) is 0 Å². The van der Waals surface area contributed by atoms with Crippen LogP contribution in [0.25, 0.3) is 33.3 Å². The van der Waals surface area contributed by atoms with Gasteiger partial charge in [-0.05, 0) is 62.8 Å². The average Bonchev–Trinajstić information content (AvgIpc) is 3.77. The van der Waals surface area contributed by atoms with Crippen LogP contribution in [0, 0.1) is 17.2 Å². The molecule has 0 radical (unpaired) electrons. The highest BCUT2D eigenvalue weighted by Gasteiger charge is 2.65. The van der Waals surface area contributed by atoms with Crippen LogP contribution in [0.15, 0.2) is 72.9 Å². The number of pyridine rings is 2. The van der Waals surface area contributed by atoms with Crippen molar-refractivity contribution in [1.29, 1.82) is 5.26 Å². The molecule has 2 aliphatic rings. The first-order valence-electron chi connectivity index (χ1n) is 13.7. The molecule has 7 heteroatoms. The number of benzene rings is 2. The van der Waals surface area contributed by atoms with E-state index in [0.717, 1.165) is 40.8 Å². The summed E-state index contributed by atoms with van der Waals surface area (Å²) in [6.07, 6.45) is 3.37. The molecule has 4 aromatic rings. The van der Waals surface area contributed by atoms with Crippen LogP contribution in [0.4, 0.5) is 4.79 Å². The van der Waals surface area contributed by atoms with Crippen molar-refractivity contribution in [3.05, 3.63) is 84.2 Å². The Kier molecular flexibility index (Phi) is 5.93. The second kappa shape index (κ2) is 9.14. The van der Waals surface area contributed by atoms with Crippen LogP contribution >= 0.6 is 0 Å². The molecule has 0 saturated heterocycles. The zero-order chi connectivity index (χ0) is 28.3. The number of aromatic nitrogens is 2. The molecule has 2 fully saturated rings. The Morgan fingerprint density at radius 3 is 2.27 bits per heavy atom. The Balaban J connectivity index is 1.47. The van der Waals surface area contributed by atoms with Gasteiger partial charge in [0.25, 0.3) is 0 Å². The molecule has 2 N–H and O–H groups in total. The van der Waals surface area contributed by atoms with E-state index in [1.165, 1.54) is 4.90 Å². The van der Waals surface area contributed by atoms with Gasteiger partial charge in [-0.15, -0.1) is 0 Å². The number of carbonyl (C=O) groups is 1. The molecule has 0 bridgehead atoms. The van der Waals surface area contributed by atoms with Crippen LogP contribution in [-0.2, 0) is 5.54 Å². The molecular formula is C33H32N4O3. The largest absolute Gasteiger partial charge is 0.465 e. The van der Waals surface area contributed by atoms with Crippen molar-refractivity contribution in [1.82, 2.24) is 14.9 Å². The predicted octanol–water partition coefficient (Wildman–Crippen LogP) is 6.74. The maximum absolute atomic E-state index is 12.6. The van der Waals surface area contributed by atoms with Gasteiger partial charge >= 0.3 is 6.09 Å². The van der Waals surface area contributed by atoms with Crippen molar-refractivity contribution in [3.8, 4) is 28.5 Å². The van der Waals surface area contributed by atoms with Gasteiger partial charge in [0, 0.05) is 41.1 Å². The number of nitriles is 1. The highest BCUT2D eigenvalue weighted by molar-refractivity contribution is 5.93. The first-order valence-corrected chi connectivity index (χ1v) is 13.7. The number of fused-ring (bicyclic) bond motifs is 1. The second-order valence-electron chi connectivity index (χ2n) is 12.2. The molecule has 40 heavy (non-hydrogen) atoms. The molecule has 7 nitrogen and oxygen atoms in total. The minimum absolute atomic E-state index is 0.249. The molecule has 2 heterocycles. The molecule has 2 aliphatic carbocycles. The normalized spacial score (nSPS) is 22.4. The lowest BCUT2D eigenvalue weighted by atomic mass is 9.58. The molecule has 0 aliphatic heterocycles. The molecular weight excluding hydrogens is 500 g/mol. The smallest absolute Gasteiger partial charge is 0.408 e. The maximum Gasteiger partial charge on any atom is 0.408 e. The number of hydrogen-bond donors (Lipinski definition) is 2. The van der Waals surface area contributed by atoms with E-state index in [9.17, 15) is 20.3 Å². The lowest BCUT2D eigenvalue weighted by molar-refractivity contribution is -0.173. The van der Waals surface area contributed by atoms with Crippen LogP contribution < -0.4 is 0 Å². The Morgan fingerprint density at radius 1 is 1.02 bits per heavy atom. The van der Waals surface area contributed by atoms with Gasteiger partial charge in [0.15, 0.2) is 0 Å². The van der Waals surface area contributed by atoms with Crippen molar-refractivity contribution in [2.75, 3.05) is 0 Å². The molecule has 2 aromatic carbocycles. The molecule has 2 aromatic heterocycles. The van der Waals surface area contributed by atoms with E-state index >= 15 is 0 Å². The predicted molar refractivity (Wildman–Crippen MR) is 153 cm³/mol. The SMILES string of the molecule is CC(C)(C)N(C(=O)O)C1(c2ccc(-c3nc4ccnc(C#N)c4cc3-c3ccccc3)cc2)CC(O)(C2CC2)C1. The molecule has 0 unspecified atom stereocenters. The van der Waals surface area contributed by atoms with E-state index in [-0.39, 0.29) is 5.92 Å². The van der Waals surface area contributed by atoms with Crippen LogP contribution in [-0.4, -0.2) is 42.3 Å². The highest BCUT2D eigenvalue weighted by atomic mass is 16.4. The fraction of sp³-hybridized carbons (Fsp3) is 0.333. The van der Waals surface area contributed by atoms with Gasteiger partial charge in [-0.3, -0.25) is 4.90 Å². The van der Waals surface area contributed by atoms with Gasteiger partial charge in [0.1, 0.15) is 11.8 Å². The Labute approximate surface area is 233 Å². The van der Waals surface area contributed by atoms with Gasteiger partial charge in [-0.25, -0.2) is 14.8 Å². The van der Waals surface area contributed by atoms with Gasteiger partial charge in [-0.1, -0.05) is 54.6 Å². The summed E-state index contributed by atoms with van der Waals surface area (Å²) in [4.78, 5) is 23.4. The third-order valence-electron chi connectivity index (χ3n) is 8.45. The first kappa shape index (κ1) is 26.0. The zero-order valence-corrected chi connectivity index (χ0v) is 22.9. The third-order valence-corrected chi connectivity index (χ3v) is 8.45. The molecule has 1 amide bonds. The summed E-state index contributed by atoms with van der Waals surface area (Å²) in [5.74, 6) is 0.249. The number of nitrogens with zero attached hydrogens (tertiary/aromatic N) is 4.